The van der Waals surface area contributed by atoms with Gasteiger partial charge in [0.1, 0.15) is 0 Å². The Bertz CT molecular complexity index is 962. The minimum atomic E-state index is -0.696. The fourth-order valence-corrected chi connectivity index (χ4v) is 7.67. The van der Waals surface area contributed by atoms with Crippen molar-refractivity contribution in [1.82, 2.24) is 5.32 Å². The maximum absolute atomic E-state index is 12.4. The normalized spacial score (nSPS) is 12.9. The van der Waals surface area contributed by atoms with Crippen LogP contribution in [0.2, 0.25) is 0 Å². The van der Waals surface area contributed by atoms with Crippen LogP contribution < -0.4 is 5.32 Å². The van der Waals surface area contributed by atoms with Crippen molar-refractivity contribution in [1.29, 1.82) is 0 Å². The van der Waals surface area contributed by atoms with Crippen LogP contribution >= 0.6 is 0 Å². The third-order valence-electron chi connectivity index (χ3n) is 11.7. The highest BCUT2D eigenvalue weighted by Gasteiger charge is 2.20. The molecule has 0 aliphatic rings. The summed E-state index contributed by atoms with van der Waals surface area (Å²) in [7, 11) is 0. The summed E-state index contributed by atoms with van der Waals surface area (Å²) in [5.74, 6) is -0.140. The average molecular weight is 830 g/mol. The molecule has 0 bridgehead atoms. The van der Waals surface area contributed by atoms with Crippen LogP contribution in [0.4, 0.5) is 0 Å². The second kappa shape index (κ2) is 48.7. The Morgan fingerprint density at radius 2 is 0.864 bits per heavy atom. The minimum Gasteiger partial charge on any atom is -0.466 e. The van der Waals surface area contributed by atoms with E-state index in [1.54, 1.807) is 0 Å². The van der Waals surface area contributed by atoms with Crippen molar-refractivity contribution in [2.75, 3.05) is 13.2 Å². The van der Waals surface area contributed by atoms with Crippen molar-refractivity contribution in [3.8, 4) is 0 Å². The van der Waals surface area contributed by atoms with Gasteiger partial charge in [0.05, 0.1) is 25.4 Å². The molecule has 0 fully saturated rings. The molecular weight excluding hydrogens is 731 g/mol. The lowest BCUT2D eigenvalue weighted by Crippen LogP contribution is -2.45. The van der Waals surface area contributed by atoms with Gasteiger partial charge in [-0.25, -0.2) is 0 Å². The van der Waals surface area contributed by atoms with E-state index < -0.39 is 12.1 Å². The number of carbonyl (C=O) groups excluding carboxylic acids is 2. The molecule has 0 aromatic heterocycles. The molecule has 0 aromatic rings. The highest BCUT2D eigenvalue weighted by atomic mass is 16.5. The molecule has 0 aliphatic carbocycles. The Morgan fingerprint density at radius 1 is 0.475 bits per heavy atom. The van der Waals surface area contributed by atoms with Gasteiger partial charge >= 0.3 is 5.97 Å². The highest BCUT2D eigenvalue weighted by Crippen LogP contribution is 2.16. The van der Waals surface area contributed by atoms with Crippen molar-refractivity contribution in [2.24, 2.45) is 0 Å². The quantitative estimate of drug-likeness (QED) is 0.0323. The number of hydrogen-bond acceptors (Lipinski definition) is 5. The van der Waals surface area contributed by atoms with Crippen molar-refractivity contribution < 1.29 is 24.5 Å². The number of ether oxygens (including phenoxy) is 1. The maximum atomic E-state index is 12.4. The summed E-state index contributed by atoms with van der Waals surface area (Å²) in [5, 5.41) is 23.2. The molecule has 3 N–H and O–H groups in total. The van der Waals surface area contributed by atoms with Crippen LogP contribution in [-0.4, -0.2) is 47.4 Å². The summed E-state index contributed by atoms with van der Waals surface area (Å²) in [5.41, 5.74) is 0. The van der Waals surface area contributed by atoms with Crippen LogP contribution in [0.15, 0.2) is 36.5 Å². The monoisotopic (exact) mass is 830 g/mol. The first kappa shape index (κ1) is 57.1. The fourth-order valence-electron chi connectivity index (χ4n) is 7.67. The molecule has 6 heteroatoms. The Kier molecular flexibility index (Phi) is 47.2. The zero-order valence-electron chi connectivity index (χ0n) is 39.2. The number of aliphatic hydroxyl groups excluding tert-OH is 2. The van der Waals surface area contributed by atoms with E-state index in [2.05, 4.69) is 55.6 Å². The predicted octanol–water partition coefficient (Wildman–Crippen LogP) is 15.3. The second-order valence-corrected chi connectivity index (χ2v) is 17.5. The lowest BCUT2D eigenvalue weighted by molar-refractivity contribution is -0.143. The van der Waals surface area contributed by atoms with Gasteiger partial charge in [0, 0.05) is 12.8 Å². The topological polar surface area (TPSA) is 95.9 Å². The lowest BCUT2D eigenvalue weighted by atomic mass is 10.0. The van der Waals surface area contributed by atoms with E-state index in [0.29, 0.717) is 25.9 Å². The molecule has 0 saturated heterocycles. The lowest BCUT2D eigenvalue weighted by Gasteiger charge is -2.22. The number of aliphatic hydroxyl groups is 2. The first-order chi connectivity index (χ1) is 29.0. The van der Waals surface area contributed by atoms with Crippen LogP contribution in [0, 0.1) is 0 Å². The SMILES string of the molecule is CCCCCC/C=C\C/C=C\CCCCCCCCCC(=O)OCCCCCC/C=C\CCCC(=O)NC(CO)C(O)CCCCCCCCCCCCCCCCC. The van der Waals surface area contributed by atoms with Gasteiger partial charge in [0.25, 0.3) is 0 Å². The summed E-state index contributed by atoms with van der Waals surface area (Å²) in [4.78, 5) is 24.5. The van der Waals surface area contributed by atoms with E-state index in [0.717, 1.165) is 77.0 Å². The maximum Gasteiger partial charge on any atom is 0.305 e. The molecule has 0 heterocycles. The van der Waals surface area contributed by atoms with Crippen LogP contribution in [0.5, 0.6) is 0 Å². The van der Waals surface area contributed by atoms with Gasteiger partial charge in [-0.1, -0.05) is 211 Å². The second-order valence-electron chi connectivity index (χ2n) is 17.5. The zero-order valence-corrected chi connectivity index (χ0v) is 39.2. The minimum absolute atomic E-state index is 0.0433. The van der Waals surface area contributed by atoms with Gasteiger partial charge in [-0.05, 0) is 77.0 Å². The smallest absolute Gasteiger partial charge is 0.305 e. The number of unbranched alkanes of at least 4 members (excludes halogenated alkanes) is 30. The van der Waals surface area contributed by atoms with E-state index in [4.69, 9.17) is 4.74 Å². The van der Waals surface area contributed by atoms with E-state index in [1.165, 1.54) is 154 Å². The summed E-state index contributed by atoms with van der Waals surface area (Å²) in [6, 6.07) is -0.580. The van der Waals surface area contributed by atoms with Crippen LogP contribution in [0.1, 0.15) is 264 Å². The van der Waals surface area contributed by atoms with E-state index in [1.807, 2.05) is 0 Å². The number of allylic oxidation sites excluding steroid dienone is 6. The number of esters is 1. The van der Waals surface area contributed by atoms with Crippen molar-refractivity contribution in [2.45, 2.75) is 276 Å². The number of carbonyl (C=O) groups is 2. The molecule has 0 aromatic carbocycles. The first-order valence-corrected chi connectivity index (χ1v) is 25.7. The first-order valence-electron chi connectivity index (χ1n) is 25.7. The van der Waals surface area contributed by atoms with Gasteiger partial charge in [-0.2, -0.15) is 0 Å². The highest BCUT2D eigenvalue weighted by molar-refractivity contribution is 5.76. The van der Waals surface area contributed by atoms with Gasteiger partial charge in [0.2, 0.25) is 5.91 Å². The van der Waals surface area contributed by atoms with Gasteiger partial charge in [-0.3, -0.25) is 9.59 Å². The molecule has 0 aliphatic heterocycles. The van der Waals surface area contributed by atoms with E-state index in [-0.39, 0.29) is 18.5 Å². The van der Waals surface area contributed by atoms with Gasteiger partial charge < -0.3 is 20.3 Å². The standard InChI is InChI=1S/C53H99NO5/c1-3-5-7-9-11-13-15-17-19-20-21-23-25-27-31-35-39-43-47-53(58)59-48-44-40-36-32-28-30-34-38-42-46-52(57)54-50(49-55)51(56)45-41-37-33-29-26-24-22-18-16-14-12-10-8-6-4-2/h13,15,19-20,30,34,50-51,55-56H,3-12,14,16-18,21-29,31-33,35-49H2,1-2H3,(H,54,57)/b15-13-,20-19-,34-30-. The number of rotatable bonds is 47. The van der Waals surface area contributed by atoms with Crippen LogP contribution in [-0.2, 0) is 14.3 Å². The third-order valence-corrected chi connectivity index (χ3v) is 11.7. The molecule has 59 heavy (non-hydrogen) atoms. The average Bonchev–Trinajstić information content (AvgIpc) is 3.24. The van der Waals surface area contributed by atoms with Crippen LogP contribution in [0.3, 0.4) is 0 Å². The molecule has 2 unspecified atom stereocenters. The summed E-state index contributed by atoms with van der Waals surface area (Å²) < 4.78 is 5.44. The summed E-state index contributed by atoms with van der Waals surface area (Å²) in [6.07, 6.45) is 58.3. The Balaban J connectivity index is 3.54. The van der Waals surface area contributed by atoms with Crippen molar-refractivity contribution >= 4 is 11.9 Å². The van der Waals surface area contributed by atoms with Crippen LogP contribution in [0.25, 0.3) is 0 Å². The summed E-state index contributed by atoms with van der Waals surface area (Å²) >= 11 is 0. The molecular formula is C53H99NO5. The molecule has 0 rings (SSSR count). The Hall–Kier alpha value is -1.92. The fraction of sp³-hybridized carbons (Fsp3) is 0.849. The Morgan fingerprint density at radius 3 is 1.36 bits per heavy atom. The number of hydrogen-bond donors (Lipinski definition) is 3. The van der Waals surface area contributed by atoms with E-state index >= 15 is 0 Å². The Labute approximate surface area is 366 Å². The molecule has 6 nitrogen and oxygen atoms in total. The number of amides is 1. The van der Waals surface area contributed by atoms with Crippen molar-refractivity contribution in [3.05, 3.63) is 36.5 Å². The molecule has 0 spiro atoms. The third kappa shape index (κ3) is 45.4. The molecule has 2 atom stereocenters. The molecule has 0 radical (unpaired) electrons. The zero-order chi connectivity index (χ0) is 43.0. The summed E-state index contributed by atoms with van der Waals surface area (Å²) in [6.45, 7) is 4.84. The van der Waals surface area contributed by atoms with Crippen molar-refractivity contribution in [3.63, 3.8) is 0 Å². The molecule has 0 saturated carbocycles. The molecule has 346 valence electrons. The molecule has 1 amide bonds. The van der Waals surface area contributed by atoms with Gasteiger partial charge in [-0.15, -0.1) is 0 Å². The van der Waals surface area contributed by atoms with E-state index in [9.17, 15) is 19.8 Å². The predicted molar refractivity (Wildman–Crippen MR) is 255 cm³/mol. The largest absolute Gasteiger partial charge is 0.466 e. The van der Waals surface area contributed by atoms with Gasteiger partial charge in [0.15, 0.2) is 0 Å². The number of nitrogens with one attached hydrogen (secondary N) is 1.